The third-order valence-electron chi connectivity index (χ3n) is 19.7. The van der Waals surface area contributed by atoms with Crippen LogP contribution in [-0.2, 0) is 21.9 Å². The van der Waals surface area contributed by atoms with Crippen molar-refractivity contribution < 1.29 is 8.83 Å². The van der Waals surface area contributed by atoms with Gasteiger partial charge in [0.1, 0.15) is 22.3 Å². The summed E-state index contributed by atoms with van der Waals surface area (Å²) in [6.45, 7) is 19.8. The Balaban J connectivity index is 1.06. The molecule has 6 aliphatic rings. The van der Waals surface area contributed by atoms with Gasteiger partial charge in [0.25, 0.3) is 0 Å². The Bertz CT molecular complexity index is 4050. The summed E-state index contributed by atoms with van der Waals surface area (Å²) in [5.41, 5.74) is 20.8. The molecule has 0 bridgehead atoms. The van der Waals surface area contributed by atoms with E-state index in [0.29, 0.717) is 0 Å². The molecule has 16 rings (SSSR count). The van der Waals surface area contributed by atoms with Gasteiger partial charge in [-0.15, -0.1) is 0 Å². The summed E-state index contributed by atoms with van der Waals surface area (Å²) in [6.07, 6.45) is 10.1. The van der Waals surface area contributed by atoms with E-state index >= 15 is 0 Å². The predicted octanol–water partition coefficient (Wildman–Crippen LogP) is 18.5. The molecular formula is C70H58N2O2. The molecule has 0 N–H and O–H groups in total. The second-order valence-corrected chi connectivity index (χ2v) is 23.4. The van der Waals surface area contributed by atoms with Crippen molar-refractivity contribution >= 4 is 77.4 Å². The Hall–Kier alpha value is -7.82. The van der Waals surface area contributed by atoms with Crippen molar-refractivity contribution in [3.63, 3.8) is 0 Å². The highest BCUT2D eigenvalue weighted by Gasteiger charge is 2.60. The van der Waals surface area contributed by atoms with Crippen molar-refractivity contribution in [3.8, 4) is 0 Å². The molecule has 4 heteroatoms. The molecule has 0 saturated heterocycles. The SMILES string of the molecule is CC1C=CC2(C)C3=C1C(C)c1ccccc1C3(C)N(c1cccc3oc4ccccc4c13)c1cc3cc4c(cc3cc12)N(c1cccc2oc3ccccc3c12)C1(C)C2=C(C(C)C=CC24C)C(C)c2ccccc21. The first-order chi connectivity index (χ1) is 35.9. The highest BCUT2D eigenvalue weighted by Crippen LogP contribution is 2.69. The lowest BCUT2D eigenvalue weighted by atomic mass is 9.52. The van der Waals surface area contributed by atoms with E-state index in [1.54, 1.807) is 0 Å². The largest absolute Gasteiger partial charge is 0.456 e. The van der Waals surface area contributed by atoms with Crippen LogP contribution in [-0.4, -0.2) is 0 Å². The van der Waals surface area contributed by atoms with Crippen LogP contribution >= 0.6 is 0 Å². The molecule has 0 radical (unpaired) electrons. The fraction of sp³-hybridized carbons (Fsp3) is 0.229. The van der Waals surface area contributed by atoms with Crippen LogP contribution in [0.3, 0.4) is 0 Å². The Morgan fingerprint density at radius 1 is 0.392 bits per heavy atom. The fourth-order valence-electron chi connectivity index (χ4n) is 16.7. The number of furan rings is 2. The number of anilines is 4. The van der Waals surface area contributed by atoms with Crippen molar-refractivity contribution in [2.75, 3.05) is 9.80 Å². The van der Waals surface area contributed by atoms with E-state index in [2.05, 4.69) is 247 Å². The van der Waals surface area contributed by atoms with Crippen LogP contribution < -0.4 is 9.80 Å². The molecule has 360 valence electrons. The Kier molecular flexibility index (Phi) is 8.11. The van der Waals surface area contributed by atoms with Gasteiger partial charge in [-0.2, -0.15) is 0 Å². The van der Waals surface area contributed by atoms with Crippen LogP contribution in [0.2, 0.25) is 0 Å². The Morgan fingerprint density at radius 3 is 1.23 bits per heavy atom. The molecule has 2 aromatic heterocycles. The molecule has 0 amide bonds. The minimum atomic E-state index is -0.544. The molecule has 0 fully saturated rings. The van der Waals surface area contributed by atoms with Gasteiger partial charge in [0.15, 0.2) is 0 Å². The number of benzene rings is 8. The standard InChI is InChI=1S/C70H58N2O2/c1-39-31-33-67(5)51-35-43-38-56-52(36-44(43)37-55(51)71(53-25-17-29-59-63(53)47-21-11-15-27-57(47)73-59)69(7)49-23-13-9-19-45(49)41(3)61(39)65(67)69)68(6)34-32-40(2)62-42(4)46-20-10-14-24-50(46)70(8,66(62)68)72(56)54-26-18-30-60-64(54)48-22-12-16-28-58(48)74-60/h9-42H,1-8H3. The van der Waals surface area contributed by atoms with E-state index in [-0.39, 0.29) is 23.7 Å². The molecule has 4 nitrogen and oxygen atoms in total. The molecule has 2 aliphatic heterocycles. The highest BCUT2D eigenvalue weighted by atomic mass is 16.3. The van der Waals surface area contributed by atoms with Gasteiger partial charge in [-0.05, 0) is 155 Å². The summed E-state index contributed by atoms with van der Waals surface area (Å²) in [7, 11) is 0. The van der Waals surface area contributed by atoms with Gasteiger partial charge in [0.2, 0.25) is 0 Å². The molecule has 8 unspecified atom stereocenters. The number of rotatable bonds is 2. The summed E-state index contributed by atoms with van der Waals surface area (Å²) in [6, 6.07) is 59.5. The molecule has 74 heavy (non-hydrogen) atoms. The third kappa shape index (κ3) is 4.92. The van der Waals surface area contributed by atoms with Gasteiger partial charge >= 0.3 is 0 Å². The van der Waals surface area contributed by atoms with Crippen LogP contribution in [0.25, 0.3) is 54.6 Å². The maximum Gasteiger partial charge on any atom is 0.137 e. The van der Waals surface area contributed by atoms with Gasteiger partial charge in [0.05, 0.1) is 33.2 Å². The maximum absolute atomic E-state index is 6.73. The Labute approximate surface area is 432 Å². The average Bonchev–Trinajstić information content (AvgIpc) is 4.04. The molecule has 0 saturated carbocycles. The zero-order valence-corrected chi connectivity index (χ0v) is 43.3. The zero-order chi connectivity index (χ0) is 49.9. The van der Waals surface area contributed by atoms with Crippen LogP contribution in [0.5, 0.6) is 0 Å². The lowest BCUT2D eigenvalue weighted by Crippen LogP contribution is -2.56. The summed E-state index contributed by atoms with van der Waals surface area (Å²) in [4.78, 5) is 5.50. The van der Waals surface area contributed by atoms with E-state index in [9.17, 15) is 0 Å². The molecule has 8 aromatic carbocycles. The molecule has 10 aromatic rings. The van der Waals surface area contributed by atoms with E-state index in [0.717, 1.165) is 55.3 Å². The van der Waals surface area contributed by atoms with Crippen molar-refractivity contribution in [2.24, 2.45) is 11.8 Å². The predicted molar refractivity (Wildman–Crippen MR) is 305 cm³/mol. The number of hydrogen-bond acceptors (Lipinski definition) is 4. The van der Waals surface area contributed by atoms with Crippen LogP contribution in [0.4, 0.5) is 22.7 Å². The molecule has 0 spiro atoms. The van der Waals surface area contributed by atoms with Gasteiger partial charge in [-0.3, -0.25) is 0 Å². The van der Waals surface area contributed by atoms with Crippen LogP contribution in [0.15, 0.2) is 213 Å². The van der Waals surface area contributed by atoms with Gasteiger partial charge < -0.3 is 18.6 Å². The minimum absolute atomic E-state index is 0.256. The summed E-state index contributed by atoms with van der Waals surface area (Å²) < 4.78 is 13.5. The van der Waals surface area contributed by atoms with Crippen LogP contribution in [0, 0.1) is 11.8 Å². The van der Waals surface area contributed by atoms with Gasteiger partial charge in [0, 0.05) is 44.8 Å². The highest BCUT2D eigenvalue weighted by molar-refractivity contribution is 6.15. The summed E-state index contributed by atoms with van der Waals surface area (Å²) >= 11 is 0. The monoisotopic (exact) mass is 958 g/mol. The average molecular weight is 959 g/mol. The normalized spacial score (nSPS) is 28.2. The second-order valence-electron chi connectivity index (χ2n) is 23.4. The lowest BCUT2D eigenvalue weighted by molar-refractivity contribution is 0.412. The number of hydrogen-bond donors (Lipinski definition) is 0. The van der Waals surface area contributed by atoms with Crippen molar-refractivity contribution in [1.82, 2.24) is 0 Å². The third-order valence-corrected chi connectivity index (χ3v) is 19.7. The van der Waals surface area contributed by atoms with E-state index in [1.165, 1.54) is 77.8 Å². The van der Waals surface area contributed by atoms with E-state index in [1.807, 2.05) is 0 Å². The smallest absolute Gasteiger partial charge is 0.137 e. The number of nitrogens with zero attached hydrogens (tertiary/aromatic N) is 2. The topological polar surface area (TPSA) is 32.8 Å². The summed E-state index contributed by atoms with van der Waals surface area (Å²) in [5.74, 6) is 1.06. The first kappa shape index (κ1) is 42.7. The number of fused-ring (bicyclic) bond motifs is 15. The zero-order valence-electron chi connectivity index (χ0n) is 43.3. The minimum Gasteiger partial charge on any atom is -0.456 e. The van der Waals surface area contributed by atoms with E-state index in [4.69, 9.17) is 8.83 Å². The molecule has 8 atom stereocenters. The van der Waals surface area contributed by atoms with Crippen LogP contribution in [0.1, 0.15) is 101 Å². The first-order valence-electron chi connectivity index (χ1n) is 27.0. The molecular weight excluding hydrogens is 901 g/mol. The lowest BCUT2D eigenvalue weighted by Gasteiger charge is -2.61. The molecule has 4 heterocycles. The number of allylic oxidation sites excluding steroid dienone is 6. The fourth-order valence-corrected chi connectivity index (χ4v) is 16.7. The second kappa shape index (κ2) is 14.1. The van der Waals surface area contributed by atoms with Gasteiger partial charge in [-0.1, -0.05) is 160 Å². The van der Waals surface area contributed by atoms with Crippen molar-refractivity contribution in [2.45, 2.75) is 89.1 Å². The van der Waals surface area contributed by atoms with E-state index < -0.39 is 21.9 Å². The Morgan fingerprint density at radius 2 is 0.784 bits per heavy atom. The van der Waals surface area contributed by atoms with Crippen molar-refractivity contribution in [3.05, 3.63) is 238 Å². The molecule has 4 aliphatic carbocycles. The number of para-hydroxylation sites is 2. The first-order valence-corrected chi connectivity index (χ1v) is 27.0. The quantitative estimate of drug-likeness (QED) is 0.162. The van der Waals surface area contributed by atoms with Crippen molar-refractivity contribution in [1.29, 1.82) is 0 Å². The van der Waals surface area contributed by atoms with Gasteiger partial charge in [-0.25, -0.2) is 0 Å². The maximum atomic E-state index is 6.73. The summed E-state index contributed by atoms with van der Waals surface area (Å²) in [5, 5.41) is 7.04.